The maximum Gasteiger partial charge on any atom is 0.259 e. The molecule has 2 aromatic heterocycles. The van der Waals surface area contributed by atoms with E-state index in [1.54, 1.807) is 6.20 Å². The highest BCUT2D eigenvalue weighted by Gasteiger charge is 2.22. The zero-order valence-electron chi connectivity index (χ0n) is 18.7. The van der Waals surface area contributed by atoms with E-state index < -0.39 is 0 Å². The van der Waals surface area contributed by atoms with Crippen molar-refractivity contribution in [1.29, 1.82) is 0 Å². The topological polar surface area (TPSA) is 76.6 Å². The van der Waals surface area contributed by atoms with Gasteiger partial charge in [0.15, 0.2) is 0 Å². The van der Waals surface area contributed by atoms with Crippen molar-refractivity contribution in [1.82, 2.24) is 19.9 Å². The Hall–Kier alpha value is -3.19. The fraction of sp³-hybridized carbons (Fsp3) is 0.400. The van der Waals surface area contributed by atoms with Gasteiger partial charge in [0.25, 0.3) is 5.56 Å². The molecule has 1 unspecified atom stereocenters. The molecule has 3 aromatic rings. The number of aromatic nitrogens is 2. The molecule has 7 nitrogen and oxygen atoms in total. The summed E-state index contributed by atoms with van der Waals surface area (Å²) >= 11 is 0. The zero-order valence-corrected chi connectivity index (χ0v) is 18.7. The summed E-state index contributed by atoms with van der Waals surface area (Å²) < 4.78 is 0. The standard InChI is InChI=1S/C25H30N6O/c1-3-31-12-9-18(10-13-31)17-4-6-21(7-5-17)28-24-23-19(8-11-26-25(23)32)14-22(29-24)20-15-27-30(2)16-20/h4-8,11,14-15,18,20H,3,9-10,12-13,16H2,1-2H3,(H,26,32)(H,28,29). The highest BCUT2D eigenvalue weighted by atomic mass is 16.1. The minimum absolute atomic E-state index is 0.112. The van der Waals surface area contributed by atoms with Crippen molar-refractivity contribution in [2.24, 2.45) is 5.10 Å². The van der Waals surface area contributed by atoms with Crippen LogP contribution >= 0.6 is 0 Å². The molecule has 0 aliphatic carbocycles. The van der Waals surface area contributed by atoms with Crippen LogP contribution in [0.1, 0.15) is 42.9 Å². The minimum atomic E-state index is -0.138. The Labute approximate surface area is 188 Å². The number of rotatable bonds is 5. The lowest BCUT2D eigenvalue weighted by atomic mass is 9.89. The summed E-state index contributed by atoms with van der Waals surface area (Å²) in [5.74, 6) is 1.32. The first-order chi connectivity index (χ1) is 15.6. The zero-order chi connectivity index (χ0) is 22.1. The van der Waals surface area contributed by atoms with Crippen molar-refractivity contribution in [3.8, 4) is 0 Å². The van der Waals surface area contributed by atoms with Gasteiger partial charge in [-0.2, -0.15) is 5.10 Å². The minimum Gasteiger partial charge on any atom is -0.340 e. The lowest BCUT2D eigenvalue weighted by Gasteiger charge is -2.31. The summed E-state index contributed by atoms with van der Waals surface area (Å²) in [5.41, 5.74) is 3.10. The third kappa shape index (κ3) is 4.12. The SMILES string of the molecule is CCN1CCC(c2ccc(Nc3nc(C4C=NN(C)C4)cc4cc[nH]c(=O)c34)cc2)CC1. The number of hydrogen-bond donors (Lipinski definition) is 2. The Morgan fingerprint density at radius 2 is 1.94 bits per heavy atom. The fourth-order valence-electron chi connectivity index (χ4n) is 4.82. The van der Waals surface area contributed by atoms with Gasteiger partial charge in [0.1, 0.15) is 5.82 Å². The van der Waals surface area contributed by atoms with Crippen LogP contribution in [-0.4, -0.2) is 59.3 Å². The van der Waals surface area contributed by atoms with E-state index in [4.69, 9.17) is 4.98 Å². The number of hydrogen-bond acceptors (Lipinski definition) is 6. The molecule has 2 aliphatic rings. The van der Waals surface area contributed by atoms with Gasteiger partial charge in [-0.15, -0.1) is 0 Å². The van der Waals surface area contributed by atoms with Gasteiger partial charge in [0.2, 0.25) is 0 Å². The number of H-pyrrole nitrogens is 1. The molecule has 7 heteroatoms. The normalized spacial score (nSPS) is 19.7. The summed E-state index contributed by atoms with van der Waals surface area (Å²) in [6.45, 7) is 6.50. The first-order valence-electron chi connectivity index (χ1n) is 11.5. The Bertz CT molecular complexity index is 1180. The fourth-order valence-corrected chi connectivity index (χ4v) is 4.82. The van der Waals surface area contributed by atoms with E-state index in [-0.39, 0.29) is 11.5 Å². The molecule has 0 amide bonds. The first-order valence-corrected chi connectivity index (χ1v) is 11.5. The summed E-state index contributed by atoms with van der Waals surface area (Å²) in [7, 11) is 1.95. The average molecular weight is 431 g/mol. The van der Waals surface area contributed by atoms with Gasteiger partial charge in [-0.3, -0.25) is 9.80 Å². The van der Waals surface area contributed by atoms with Crippen molar-refractivity contribution in [2.75, 3.05) is 38.5 Å². The molecular formula is C25H30N6O. The van der Waals surface area contributed by atoms with Crippen LogP contribution in [0.2, 0.25) is 0 Å². The lowest BCUT2D eigenvalue weighted by molar-refractivity contribution is 0.222. The van der Waals surface area contributed by atoms with Crippen LogP contribution in [0.5, 0.6) is 0 Å². The number of anilines is 2. The number of likely N-dealkylation sites (tertiary alicyclic amines) is 1. The molecule has 1 aromatic carbocycles. The van der Waals surface area contributed by atoms with Gasteiger partial charge in [-0.1, -0.05) is 19.1 Å². The first kappa shape index (κ1) is 20.7. The van der Waals surface area contributed by atoms with Crippen molar-refractivity contribution >= 4 is 28.5 Å². The van der Waals surface area contributed by atoms with Crippen LogP contribution in [0.4, 0.5) is 11.5 Å². The van der Waals surface area contributed by atoms with Crippen molar-refractivity contribution in [3.63, 3.8) is 0 Å². The van der Waals surface area contributed by atoms with Gasteiger partial charge in [-0.05, 0) is 73.6 Å². The molecule has 0 spiro atoms. The third-order valence-electron chi connectivity index (χ3n) is 6.74. The van der Waals surface area contributed by atoms with Gasteiger partial charge >= 0.3 is 0 Å². The Kier molecular flexibility index (Phi) is 5.66. The summed E-state index contributed by atoms with van der Waals surface area (Å²) in [4.78, 5) is 22.8. The van der Waals surface area contributed by atoms with E-state index in [2.05, 4.69) is 51.5 Å². The second-order valence-corrected chi connectivity index (χ2v) is 8.83. The van der Waals surface area contributed by atoms with E-state index in [0.29, 0.717) is 17.1 Å². The van der Waals surface area contributed by atoms with Crippen molar-refractivity contribution < 1.29 is 0 Å². The third-order valence-corrected chi connectivity index (χ3v) is 6.74. The van der Waals surface area contributed by atoms with Crippen molar-refractivity contribution in [3.05, 3.63) is 64.2 Å². The monoisotopic (exact) mass is 430 g/mol. The van der Waals surface area contributed by atoms with Crippen LogP contribution in [0.25, 0.3) is 10.8 Å². The maximum atomic E-state index is 12.6. The molecule has 1 atom stereocenters. The molecule has 166 valence electrons. The molecule has 32 heavy (non-hydrogen) atoms. The largest absolute Gasteiger partial charge is 0.340 e. The number of hydrazone groups is 1. The predicted molar refractivity (Wildman–Crippen MR) is 130 cm³/mol. The van der Waals surface area contributed by atoms with Crippen LogP contribution in [0, 0.1) is 0 Å². The van der Waals surface area contributed by atoms with Gasteiger partial charge in [-0.25, -0.2) is 4.98 Å². The van der Waals surface area contributed by atoms with Crippen LogP contribution in [0.15, 0.2) is 52.5 Å². The summed E-state index contributed by atoms with van der Waals surface area (Å²) in [6, 6.07) is 12.5. The molecule has 5 rings (SSSR count). The number of benzene rings is 1. The van der Waals surface area contributed by atoms with E-state index in [9.17, 15) is 4.79 Å². The van der Waals surface area contributed by atoms with Gasteiger partial charge < -0.3 is 15.2 Å². The van der Waals surface area contributed by atoms with Crippen LogP contribution in [-0.2, 0) is 0 Å². The predicted octanol–water partition coefficient (Wildman–Crippen LogP) is 3.88. The van der Waals surface area contributed by atoms with Gasteiger partial charge in [0, 0.05) is 31.7 Å². The molecule has 1 saturated heterocycles. The highest BCUT2D eigenvalue weighted by Crippen LogP contribution is 2.31. The molecule has 0 bridgehead atoms. The lowest BCUT2D eigenvalue weighted by Crippen LogP contribution is -2.32. The highest BCUT2D eigenvalue weighted by molar-refractivity contribution is 5.93. The number of aromatic amines is 1. The summed E-state index contributed by atoms with van der Waals surface area (Å²) in [6.07, 6.45) is 6.03. The molecule has 2 aliphatic heterocycles. The number of piperidine rings is 1. The molecule has 0 saturated carbocycles. The van der Waals surface area contributed by atoms with Crippen LogP contribution in [0.3, 0.4) is 0 Å². The van der Waals surface area contributed by atoms with Crippen LogP contribution < -0.4 is 10.9 Å². The molecule has 4 heterocycles. The average Bonchev–Trinajstić information content (AvgIpc) is 3.26. The van der Waals surface area contributed by atoms with Crippen molar-refractivity contribution in [2.45, 2.75) is 31.6 Å². The van der Waals surface area contributed by atoms with E-state index in [1.165, 1.54) is 31.5 Å². The molecule has 2 N–H and O–H groups in total. The number of fused-ring (bicyclic) bond motifs is 1. The van der Waals surface area contributed by atoms with E-state index >= 15 is 0 Å². The van der Waals surface area contributed by atoms with Gasteiger partial charge in [0.05, 0.1) is 17.0 Å². The molecular weight excluding hydrogens is 400 g/mol. The maximum absolute atomic E-state index is 12.6. The summed E-state index contributed by atoms with van der Waals surface area (Å²) in [5, 5.41) is 11.1. The Morgan fingerprint density at radius 1 is 1.16 bits per heavy atom. The van der Waals surface area contributed by atoms with E-state index in [1.807, 2.05) is 30.4 Å². The second kappa shape index (κ2) is 8.74. The number of nitrogens with one attached hydrogen (secondary N) is 2. The Balaban J connectivity index is 1.42. The smallest absolute Gasteiger partial charge is 0.259 e. The second-order valence-electron chi connectivity index (χ2n) is 8.83. The quantitative estimate of drug-likeness (QED) is 0.642. The Morgan fingerprint density at radius 3 is 2.62 bits per heavy atom. The molecule has 0 radical (unpaired) electrons. The number of likely N-dealkylation sites (N-methyl/N-ethyl adjacent to an activating group) is 1. The number of pyridine rings is 2. The molecule has 1 fully saturated rings. The number of nitrogens with zero attached hydrogens (tertiary/aromatic N) is 4. The van der Waals surface area contributed by atoms with E-state index in [0.717, 1.165) is 29.9 Å².